The van der Waals surface area contributed by atoms with Crippen LogP contribution in [0.3, 0.4) is 0 Å². The molecule has 2 aromatic rings. The number of anilines is 2. The number of nitrogens with one attached hydrogen (secondary N) is 1. The molecule has 112 valence electrons. The van der Waals surface area contributed by atoms with Crippen molar-refractivity contribution in [3.8, 4) is 0 Å². The Kier molecular flexibility index (Phi) is 4.74. The quantitative estimate of drug-likeness (QED) is 0.884. The van der Waals surface area contributed by atoms with Crippen LogP contribution in [-0.4, -0.2) is 34.4 Å². The lowest BCUT2D eigenvalue weighted by Crippen LogP contribution is -2.26. The maximum absolute atomic E-state index is 12.4. The standard InChI is InChI=1S/C14H19N5OS/c1-4-16-14-18-12(15)11(21-14)13(20)19(3)8-10-7-5-6-9(2)17-10/h5-7H,4,8,15H2,1-3H3,(H,16,18). The summed E-state index contributed by atoms with van der Waals surface area (Å²) in [5.74, 6) is 0.127. The van der Waals surface area contributed by atoms with Crippen LogP contribution in [0.5, 0.6) is 0 Å². The molecular weight excluding hydrogens is 286 g/mol. The lowest BCUT2D eigenvalue weighted by Gasteiger charge is -2.16. The number of aryl methyl sites for hydroxylation is 1. The molecule has 0 radical (unpaired) electrons. The maximum Gasteiger partial charge on any atom is 0.267 e. The highest BCUT2D eigenvalue weighted by Crippen LogP contribution is 2.26. The monoisotopic (exact) mass is 305 g/mol. The highest BCUT2D eigenvalue weighted by Gasteiger charge is 2.20. The molecule has 0 unspecified atom stereocenters. The van der Waals surface area contributed by atoms with Gasteiger partial charge in [0.15, 0.2) is 5.13 Å². The number of nitrogens with zero attached hydrogens (tertiary/aromatic N) is 3. The number of carbonyl (C=O) groups excluding carboxylic acids is 1. The summed E-state index contributed by atoms with van der Waals surface area (Å²) in [5.41, 5.74) is 7.60. The van der Waals surface area contributed by atoms with Gasteiger partial charge in [0.05, 0.1) is 12.2 Å². The molecule has 0 aliphatic rings. The van der Waals surface area contributed by atoms with Crippen molar-refractivity contribution in [1.82, 2.24) is 14.9 Å². The molecule has 0 aromatic carbocycles. The first kappa shape index (κ1) is 15.2. The van der Waals surface area contributed by atoms with Gasteiger partial charge in [-0.1, -0.05) is 17.4 Å². The molecule has 2 aromatic heterocycles. The molecule has 0 saturated heterocycles. The lowest BCUT2D eigenvalue weighted by atomic mass is 10.3. The van der Waals surface area contributed by atoms with Crippen LogP contribution >= 0.6 is 11.3 Å². The summed E-state index contributed by atoms with van der Waals surface area (Å²) in [6.07, 6.45) is 0. The number of hydrogen-bond acceptors (Lipinski definition) is 6. The molecule has 3 N–H and O–H groups in total. The first-order valence-electron chi connectivity index (χ1n) is 6.69. The number of thiazole rings is 1. The van der Waals surface area contributed by atoms with Crippen LogP contribution in [0.25, 0.3) is 0 Å². The zero-order chi connectivity index (χ0) is 15.4. The minimum Gasteiger partial charge on any atom is -0.382 e. The fraction of sp³-hybridized carbons (Fsp3) is 0.357. The Labute approximate surface area is 128 Å². The van der Waals surface area contributed by atoms with Crippen LogP contribution in [0.15, 0.2) is 18.2 Å². The smallest absolute Gasteiger partial charge is 0.267 e. The van der Waals surface area contributed by atoms with E-state index in [1.807, 2.05) is 32.0 Å². The second-order valence-corrected chi connectivity index (χ2v) is 5.69. The van der Waals surface area contributed by atoms with Crippen LogP contribution in [0.4, 0.5) is 10.9 Å². The van der Waals surface area contributed by atoms with Gasteiger partial charge in [-0.05, 0) is 26.0 Å². The Balaban J connectivity index is 2.12. The van der Waals surface area contributed by atoms with E-state index in [1.165, 1.54) is 11.3 Å². The van der Waals surface area contributed by atoms with Crippen molar-refractivity contribution in [2.45, 2.75) is 20.4 Å². The molecule has 2 rings (SSSR count). The molecule has 0 fully saturated rings. The fourth-order valence-electron chi connectivity index (χ4n) is 1.89. The Morgan fingerprint density at radius 2 is 2.19 bits per heavy atom. The van der Waals surface area contributed by atoms with Gasteiger partial charge in [0.1, 0.15) is 10.7 Å². The van der Waals surface area contributed by atoms with E-state index < -0.39 is 0 Å². The summed E-state index contributed by atoms with van der Waals surface area (Å²) in [5, 5.41) is 3.73. The summed E-state index contributed by atoms with van der Waals surface area (Å²) in [4.78, 5) is 23.0. The molecule has 0 aliphatic heterocycles. The Morgan fingerprint density at radius 1 is 1.43 bits per heavy atom. The normalized spacial score (nSPS) is 10.4. The van der Waals surface area contributed by atoms with Crippen LogP contribution < -0.4 is 11.1 Å². The Morgan fingerprint density at radius 3 is 2.86 bits per heavy atom. The number of nitrogens with two attached hydrogens (primary N) is 1. The molecule has 0 aliphatic carbocycles. The zero-order valence-corrected chi connectivity index (χ0v) is 13.2. The van der Waals surface area contributed by atoms with Crippen LogP contribution in [0, 0.1) is 6.92 Å². The van der Waals surface area contributed by atoms with Gasteiger partial charge in [-0.25, -0.2) is 4.98 Å². The molecule has 21 heavy (non-hydrogen) atoms. The van der Waals surface area contributed by atoms with Crippen LogP contribution in [-0.2, 0) is 6.54 Å². The van der Waals surface area contributed by atoms with E-state index in [0.29, 0.717) is 16.6 Å². The molecule has 7 heteroatoms. The molecule has 0 atom stereocenters. The van der Waals surface area contributed by atoms with Crippen LogP contribution in [0.1, 0.15) is 28.0 Å². The van der Waals surface area contributed by atoms with Gasteiger partial charge in [-0.2, -0.15) is 0 Å². The Hall–Kier alpha value is -2.15. The SMILES string of the molecule is CCNc1nc(N)c(C(=O)N(C)Cc2cccc(C)n2)s1. The van der Waals surface area contributed by atoms with Crippen molar-refractivity contribution in [1.29, 1.82) is 0 Å². The van der Waals surface area contributed by atoms with Gasteiger partial charge < -0.3 is 16.0 Å². The second kappa shape index (κ2) is 6.53. The van der Waals surface area contributed by atoms with Crippen molar-refractivity contribution in [2.24, 2.45) is 0 Å². The van der Waals surface area contributed by atoms with Gasteiger partial charge >= 0.3 is 0 Å². The number of carbonyl (C=O) groups is 1. The van der Waals surface area contributed by atoms with Gasteiger partial charge in [-0.15, -0.1) is 0 Å². The van der Waals surface area contributed by atoms with Crippen molar-refractivity contribution in [3.05, 3.63) is 34.5 Å². The zero-order valence-electron chi connectivity index (χ0n) is 12.4. The van der Waals surface area contributed by atoms with E-state index in [2.05, 4.69) is 15.3 Å². The molecular formula is C14H19N5OS. The molecule has 2 heterocycles. The second-order valence-electron chi connectivity index (χ2n) is 4.70. The third kappa shape index (κ3) is 3.69. The highest BCUT2D eigenvalue weighted by atomic mass is 32.1. The van der Waals surface area contributed by atoms with Gasteiger partial charge in [0.25, 0.3) is 5.91 Å². The van der Waals surface area contributed by atoms with Gasteiger partial charge in [-0.3, -0.25) is 9.78 Å². The summed E-state index contributed by atoms with van der Waals surface area (Å²) in [6, 6.07) is 5.76. The summed E-state index contributed by atoms with van der Waals surface area (Å²) < 4.78 is 0. The lowest BCUT2D eigenvalue weighted by molar-refractivity contribution is 0.0789. The molecule has 0 bridgehead atoms. The van der Waals surface area contributed by atoms with E-state index in [-0.39, 0.29) is 11.7 Å². The van der Waals surface area contributed by atoms with E-state index in [1.54, 1.807) is 11.9 Å². The van der Waals surface area contributed by atoms with Crippen LogP contribution in [0.2, 0.25) is 0 Å². The third-order valence-corrected chi connectivity index (χ3v) is 3.88. The summed E-state index contributed by atoms with van der Waals surface area (Å²) >= 11 is 1.28. The third-order valence-electron chi connectivity index (χ3n) is 2.87. The fourth-order valence-corrected chi connectivity index (χ4v) is 2.83. The van der Waals surface area contributed by atoms with Crippen molar-refractivity contribution >= 4 is 28.2 Å². The minimum absolute atomic E-state index is 0.141. The summed E-state index contributed by atoms with van der Waals surface area (Å²) in [6.45, 7) is 5.07. The average Bonchev–Trinajstić information content (AvgIpc) is 2.79. The van der Waals surface area contributed by atoms with Crippen molar-refractivity contribution < 1.29 is 4.79 Å². The predicted molar refractivity (Wildman–Crippen MR) is 85.5 cm³/mol. The number of nitrogen functional groups attached to an aromatic ring is 1. The number of pyridine rings is 1. The van der Waals surface area contributed by atoms with E-state index in [9.17, 15) is 4.79 Å². The largest absolute Gasteiger partial charge is 0.382 e. The average molecular weight is 305 g/mol. The van der Waals surface area contributed by atoms with E-state index in [4.69, 9.17) is 5.73 Å². The van der Waals surface area contributed by atoms with Gasteiger partial charge in [0.2, 0.25) is 0 Å². The Bertz CT molecular complexity index is 640. The maximum atomic E-state index is 12.4. The van der Waals surface area contributed by atoms with E-state index >= 15 is 0 Å². The molecule has 0 spiro atoms. The van der Waals surface area contributed by atoms with E-state index in [0.717, 1.165) is 17.9 Å². The predicted octanol–water partition coefficient (Wildman–Crippen LogP) is 2.13. The number of amides is 1. The minimum atomic E-state index is -0.141. The molecule has 0 saturated carbocycles. The first-order valence-corrected chi connectivity index (χ1v) is 7.51. The van der Waals surface area contributed by atoms with Crippen molar-refractivity contribution in [2.75, 3.05) is 24.6 Å². The van der Waals surface area contributed by atoms with Gasteiger partial charge in [0, 0.05) is 19.3 Å². The first-order chi connectivity index (χ1) is 10.0. The number of aromatic nitrogens is 2. The highest BCUT2D eigenvalue weighted by molar-refractivity contribution is 7.18. The molecule has 6 nitrogen and oxygen atoms in total. The topological polar surface area (TPSA) is 84.1 Å². The number of hydrogen-bond donors (Lipinski definition) is 2. The molecule has 1 amide bonds. The van der Waals surface area contributed by atoms with Crippen molar-refractivity contribution in [3.63, 3.8) is 0 Å². The number of rotatable bonds is 5. The summed E-state index contributed by atoms with van der Waals surface area (Å²) in [7, 11) is 1.73.